The predicted molar refractivity (Wildman–Crippen MR) is 98.1 cm³/mol. The van der Waals surface area contributed by atoms with Crippen LogP contribution in [0, 0.1) is 13.8 Å². The van der Waals surface area contributed by atoms with Crippen LogP contribution in [0.25, 0.3) is 0 Å². The fourth-order valence-electron chi connectivity index (χ4n) is 3.29. The van der Waals surface area contributed by atoms with Crippen molar-refractivity contribution >= 4 is 11.5 Å². The number of rotatable bonds is 2. The number of pyridine rings is 1. The average molecular weight is 370 g/mol. The van der Waals surface area contributed by atoms with Gasteiger partial charge in [0.15, 0.2) is 0 Å². The molecule has 0 N–H and O–H groups in total. The molecule has 1 aromatic heterocycles. The molecule has 2 aliphatic heterocycles. The quantitative estimate of drug-likeness (QED) is 0.774. The van der Waals surface area contributed by atoms with Crippen molar-refractivity contribution < 1.29 is 13.2 Å². The summed E-state index contributed by atoms with van der Waals surface area (Å²) in [6.45, 7) is 4.48. The lowest BCUT2D eigenvalue weighted by Gasteiger charge is -2.31. The number of allylic oxidation sites excluding steroid dienone is 1. The summed E-state index contributed by atoms with van der Waals surface area (Å²) in [5.41, 5.74) is 1.68. The topological polar surface area (TPSA) is 31.7 Å². The normalized spacial score (nSPS) is 16.3. The van der Waals surface area contributed by atoms with Crippen LogP contribution in [-0.4, -0.2) is 22.2 Å². The highest BCUT2D eigenvalue weighted by Crippen LogP contribution is 2.34. The van der Waals surface area contributed by atoms with E-state index in [1.165, 1.54) is 12.1 Å². The van der Waals surface area contributed by atoms with Crippen LogP contribution in [0.3, 0.4) is 0 Å². The minimum atomic E-state index is -4.43. The molecular formula is C20H17F3N4. The van der Waals surface area contributed by atoms with Crippen LogP contribution in [0.1, 0.15) is 22.4 Å². The van der Waals surface area contributed by atoms with Gasteiger partial charge in [-0.05, 0) is 49.8 Å². The highest BCUT2D eigenvalue weighted by atomic mass is 19.4. The maximum absolute atomic E-state index is 13.3. The lowest BCUT2D eigenvalue weighted by Crippen LogP contribution is -2.35. The Hall–Kier alpha value is -3.09. The van der Waals surface area contributed by atoms with E-state index in [1.54, 1.807) is 23.4 Å². The predicted octanol–water partition coefficient (Wildman–Crippen LogP) is 4.61. The van der Waals surface area contributed by atoms with Gasteiger partial charge >= 0.3 is 6.18 Å². The Morgan fingerprint density at radius 3 is 2.59 bits per heavy atom. The van der Waals surface area contributed by atoms with Crippen LogP contribution in [0.2, 0.25) is 0 Å². The molecule has 4 rings (SSSR count). The van der Waals surface area contributed by atoms with Crippen molar-refractivity contribution in [3.05, 3.63) is 83.0 Å². The van der Waals surface area contributed by atoms with Gasteiger partial charge in [0.05, 0.1) is 17.8 Å². The lowest BCUT2D eigenvalue weighted by molar-refractivity contribution is -0.137. The van der Waals surface area contributed by atoms with E-state index < -0.39 is 11.7 Å². The molecule has 0 atom stereocenters. The number of hydrogen-bond donors (Lipinski definition) is 0. The Labute approximate surface area is 154 Å². The monoisotopic (exact) mass is 370 g/mol. The minimum absolute atomic E-state index is 0.0739. The van der Waals surface area contributed by atoms with Crippen LogP contribution in [-0.2, 0) is 6.18 Å². The van der Waals surface area contributed by atoms with E-state index in [0.29, 0.717) is 18.1 Å². The van der Waals surface area contributed by atoms with E-state index in [4.69, 9.17) is 0 Å². The van der Waals surface area contributed by atoms with Gasteiger partial charge in [-0.3, -0.25) is 5.01 Å². The molecule has 0 aliphatic carbocycles. The van der Waals surface area contributed by atoms with Gasteiger partial charge in [-0.2, -0.15) is 13.2 Å². The standard InChI is InChI=1S/C20H17F3N4/c1-13-11-14(2)24-19(12-13)27-10-8-18-25-17(7-9-26(18)27)15-5-3-4-6-16(15)20(21,22)23/h3-9,11-12H,10H2,1-2H3. The third-order valence-electron chi connectivity index (χ3n) is 4.41. The molecule has 0 saturated heterocycles. The number of benzene rings is 1. The first-order valence-corrected chi connectivity index (χ1v) is 8.48. The maximum Gasteiger partial charge on any atom is 0.417 e. The number of fused-ring (bicyclic) bond motifs is 1. The molecule has 2 aliphatic rings. The highest BCUT2D eigenvalue weighted by molar-refractivity contribution is 6.10. The Morgan fingerprint density at radius 2 is 1.85 bits per heavy atom. The molecule has 0 saturated carbocycles. The molecule has 4 nitrogen and oxygen atoms in total. The van der Waals surface area contributed by atoms with Crippen molar-refractivity contribution in [2.45, 2.75) is 20.0 Å². The van der Waals surface area contributed by atoms with E-state index >= 15 is 0 Å². The lowest BCUT2D eigenvalue weighted by atomic mass is 10.0. The van der Waals surface area contributed by atoms with E-state index in [-0.39, 0.29) is 5.56 Å². The highest BCUT2D eigenvalue weighted by Gasteiger charge is 2.35. The van der Waals surface area contributed by atoms with Gasteiger partial charge in [0, 0.05) is 17.5 Å². The average Bonchev–Trinajstić information content (AvgIpc) is 3.03. The Balaban J connectivity index is 1.66. The maximum atomic E-state index is 13.3. The van der Waals surface area contributed by atoms with Gasteiger partial charge in [0.2, 0.25) is 0 Å². The van der Waals surface area contributed by atoms with E-state index in [2.05, 4.69) is 9.98 Å². The molecule has 27 heavy (non-hydrogen) atoms. The van der Waals surface area contributed by atoms with Gasteiger partial charge in [-0.25, -0.2) is 15.0 Å². The SMILES string of the molecule is Cc1cc(C)nc(N2CC=C3N=C(c4ccccc4C(F)(F)F)C=CN32)c1. The first-order chi connectivity index (χ1) is 12.8. The van der Waals surface area contributed by atoms with Gasteiger partial charge in [0.1, 0.15) is 11.6 Å². The second-order valence-corrected chi connectivity index (χ2v) is 6.49. The summed E-state index contributed by atoms with van der Waals surface area (Å²) in [6, 6.07) is 9.45. The largest absolute Gasteiger partial charge is 0.417 e. The Morgan fingerprint density at radius 1 is 1.07 bits per heavy atom. The number of anilines is 1. The summed E-state index contributed by atoms with van der Waals surface area (Å²) in [5, 5.41) is 3.74. The number of hydrogen-bond acceptors (Lipinski definition) is 4. The summed E-state index contributed by atoms with van der Waals surface area (Å²) in [7, 11) is 0. The molecule has 0 fully saturated rings. The van der Waals surface area contributed by atoms with Gasteiger partial charge < -0.3 is 0 Å². The number of nitrogens with zero attached hydrogens (tertiary/aromatic N) is 4. The molecular weight excluding hydrogens is 353 g/mol. The minimum Gasteiger partial charge on any atom is -0.259 e. The van der Waals surface area contributed by atoms with Crippen molar-refractivity contribution in [3.8, 4) is 0 Å². The molecule has 0 bridgehead atoms. The molecule has 7 heteroatoms. The summed E-state index contributed by atoms with van der Waals surface area (Å²) >= 11 is 0. The smallest absolute Gasteiger partial charge is 0.259 e. The third kappa shape index (κ3) is 3.20. The van der Waals surface area contributed by atoms with Crippen molar-refractivity contribution in [2.24, 2.45) is 4.99 Å². The summed E-state index contributed by atoms with van der Waals surface area (Å²) < 4.78 is 39.9. The summed E-state index contributed by atoms with van der Waals surface area (Å²) in [6.07, 6.45) is 0.777. The molecule has 0 amide bonds. The molecule has 2 aromatic rings. The van der Waals surface area contributed by atoms with Crippen LogP contribution < -0.4 is 5.01 Å². The number of aromatic nitrogens is 1. The van der Waals surface area contributed by atoms with E-state index in [1.807, 2.05) is 37.1 Å². The van der Waals surface area contributed by atoms with Crippen molar-refractivity contribution in [1.29, 1.82) is 0 Å². The van der Waals surface area contributed by atoms with Crippen LogP contribution in [0.4, 0.5) is 19.0 Å². The van der Waals surface area contributed by atoms with Crippen LogP contribution in [0.15, 0.2) is 65.6 Å². The fraction of sp³-hybridized carbons (Fsp3) is 0.200. The number of hydrazine groups is 1. The van der Waals surface area contributed by atoms with Gasteiger partial charge in [0.25, 0.3) is 0 Å². The molecule has 138 valence electrons. The Kier molecular flexibility index (Phi) is 4.02. The molecule has 1 aromatic carbocycles. The fourth-order valence-corrected chi connectivity index (χ4v) is 3.29. The number of aryl methyl sites for hydroxylation is 2. The van der Waals surface area contributed by atoms with Crippen molar-refractivity contribution in [1.82, 2.24) is 9.99 Å². The molecule has 0 spiro atoms. The molecule has 3 heterocycles. The van der Waals surface area contributed by atoms with E-state index in [9.17, 15) is 13.2 Å². The van der Waals surface area contributed by atoms with Gasteiger partial charge in [-0.15, -0.1) is 0 Å². The van der Waals surface area contributed by atoms with Crippen molar-refractivity contribution in [3.63, 3.8) is 0 Å². The zero-order valence-electron chi connectivity index (χ0n) is 14.8. The second kappa shape index (κ2) is 6.26. The van der Waals surface area contributed by atoms with E-state index in [0.717, 1.165) is 23.1 Å². The Bertz CT molecular complexity index is 969. The first kappa shape index (κ1) is 17.3. The molecule has 0 unspecified atom stereocenters. The van der Waals surface area contributed by atoms with Gasteiger partial charge in [-0.1, -0.05) is 18.2 Å². The third-order valence-corrected chi connectivity index (χ3v) is 4.41. The van der Waals surface area contributed by atoms with Crippen LogP contribution in [0.5, 0.6) is 0 Å². The number of aliphatic imine (C=N–C) groups is 1. The van der Waals surface area contributed by atoms with Crippen molar-refractivity contribution in [2.75, 3.05) is 11.6 Å². The molecule has 0 radical (unpaired) electrons. The number of alkyl halides is 3. The summed E-state index contributed by atoms with van der Waals surface area (Å²) in [4.78, 5) is 9.01. The second-order valence-electron chi connectivity index (χ2n) is 6.49. The summed E-state index contributed by atoms with van der Waals surface area (Å²) in [5.74, 6) is 1.36. The number of halogens is 3. The zero-order chi connectivity index (χ0) is 19.2. The zero-order valence-corrected chi connectivity index (χ0v) is 14.8. The first-order valence-electron chi connectivity index (χ1n) is 8.48. The van der Waals surface area contributed by atoms with Crippen LogP contribution >= 0.6 is 0 Å².